The lowest BCUT2D eigenvalue weighted by Gasteiger charge is -2.17. The predicted molar refractivity (Wildman–Crippen MR) is 82.6 cm³/mol. The number of aliphatic hydroxyl groups excluding tert-OH is 1. The first-order valence-electron chi connectivity index (χ1n) is 7.11. The minimum Gasteiger partial charge on any atom is -0.478 e. The molecule has 21 heavy (non-hydrogen) atoms. The Hall–Kier alpha value is -2.14. The van der Waals surface area contributed by atoms with E-state index >= 15 is 0 Å². The van der Waals surface area contributed by atoms with Crippen molar-refractivity contribution in [3.8, 4) is 5.88 Å². The summed E-state index contributed by atoms with van der Waals surface area (Å²) in [7, 11) is 0. The summed E-state index contributed by atoms with van der Waals surface area (Å²) in [6, 6.07) is 11.7. The molecule has 5 heteroatoms. The van der Waals surface area contributed by atoms with E-state index in [9.17, 15) is 5.11 Å². The molecule has 0 amide bonds. The molecule has 1 heterocycles. The van der Waals surface area contributed by atoms with Crippen LogP contribution >= 0.6 is 0 Å². The quantitative estimate of drug-likeness (QED) is 0.817. The van der Waals surface area contributed by atoms with Crippen molar-refractivity contribution in [1.82, 2.24) is 9.97 Å². The van der Waals surface area contributed by atoms with Crippen LogP contribution in [0.3, 0.4) is 0 Å². The fraction of sp³-hybridized carbons (Fsp3) is 0.375. The molecule has 112 valence electrons. The van der Waals surface area contributed by atoms with Crippen LogP contribution in [0.25, 0.3) is 0 Å². The molecule has 0 aliphatic carbocycles. The van der Waals surface area contributed by atoms with E-state index in [-0.39, 0.29) is 12.6 Å². The number of hydrogen-bond donors (Lipinski definition) is 2. The fourth-order valence-electron chi connectivity index (χ4n) is 2.07. The van der Waals surface area contributed by atoms with E-state index in [4.69, 9.17) is 4.74 Å². The first-order valence-corrected chi connectivity index (χ1v) is 7.11. The highest BCUT2D eigenvalue weighted by molar-refractivity contribution is 5.32. The Labute approximate surface area is 125 Å². The van der Waals surface area contributed by atoms with Crippen LogP contribution < -0.4 is 10.1 Å². The average Bonchev–Trinajstić information content (AvgIpc) is 2.47. The zero-order valence-corrected chi connectivity index (χ0v) is 12.4. The van der Waals surface area contributed by atoms with Gasteiger partial charge in [-0.1, -0.05) is 30.3 Å². The monoisotopic (exact) mass is 287 g/mol. The third-order valence-corrected chi connectivity index (χ3v) is 3.00. The molecule has 0 bridgehead atoms. The van der Waals surface area contributed by atoms with Gasteiger partial charge in [-0.05, 0) is 25.8 Å². The van der Waals surface area contributed by atoms with Crippen LogP contribution in [0.15, 0.2) is 36.4 Å². The summed E-state index contributed by atoms with van der Waals surface area (Å²) < 4.78 is 5.41. The summed E-state index contributed by atoms with van der Waals surface area (Å²) in [6.45, 7) is 4.37. The number of benzene rings is 1. The van der Waals surface area contributed by atoms with Crippen molar-refractivity contribution in [3.05, 3.63) is 47.7 Å². The van der Waals surface area contributed by atoms with Crippen LogP contribution in [0.1, 0.15) is 18.2 Å². The number of aliphatic hydroxyl groups is 1. The summed E-state index contributed by atoms with van der Waals surface area (Å²) >= 11 is 0. The predicted octanol–water partition coefficient (Wildman–Crippen LogP) is 2.20. The lowest BCUT2D eigenvalue weighted by Crippen LogP contribution is -2.27. The molecule has 5 nitrogen and oxygen atoms in total. The number of aromatic nitrogens is 2. The first-order chi connectivity index (χ1) is 10.2. The SMILES string of the molecule is CCOc1cc(C)nc(NC(CO)Cc2ccccc2)n1. The summed E-state index contributed by atoms with van der Waals surface area (Å²) in [4.78, 5) is 8.63. The van der Waals surface area contributed by atoms with Gasteiger partial charge < -0.3 is 15.2 Å². The van der Waals surface area contributed by atoms with Gasteiger partial charge >= 0.3 is 0 Å². The van der Waals surface area contributed by atoms with Crippen LogP contribution in [-0.4, -0.2) is 34.3 Å². The third-order valence-electron chi connectivity index (χ3n) is 3.00. The van der Waals surface area contributed by atoms with Gasteiger partial charge in [-0.25, -0.2) is 4.98 Å². The van der Waals surface area contributed by atoms with Gasteiger partial charge in [-0.3, -0.25) is 0 Å². The molecule has 0 saturated carbocycles. The molecule has 2 rings (SSSR count). The average molecular weight is 287 g/mol. The highest BCUT2D eigenvalue weighted by Crippen LogP contribution is 2.14. The number of anilines is 1. The Morgan fingerprint density at radius 3 is 2.67 bits per heavy atom. The second-order valence-corrected chi connectivity index (χ2v) is 4.82. The van der Waals surface area contributed by atoms with E-state index in [0.717, 1.165) is 11.3 Å². The Balaban J connectivity index is 2.07. The van der Waals surface area contributed by atoms with Gasteiger partial charge in [-0.2, -0.15) is 4.98 Å². The largest absolute Gasteiger partial charge is 0.478 e. The molecule has 0 radical (unpaired) electrons. The molecular weight excluding hydrogens is 266 g/mol. The van der Waals surface area contributed by atoms with Crippen molar-refractivity contribution in [2.45, 2.75) is 26.3 Å². The number of rotatable bonds is 7. The Morgan fingerprint density at radius 2 is 2.00 bits per heavy atom. The molecule has 1 aromatic heterocycles. The van der Waals surface area contributed by atoms with Crippen molar-refractivity contribution < 1.29 is 9.84 Å². The standard InChI is InChI=1S/C16H21N3O2/c1-3-21-15-9-12(2)17-16(19-15)18-14(11-20)10-13-7-5-4-6-8-13/h4-9,14,20H,3,10-11H2,1-2H3,(H,17,18,19). The van der Waals surface area contributed by atoms with Crippen LogP contribution in [0, 0.1) is 6.92 Å². The smallest absolute Gasteiger partial charge is 0.226 e. The molecule has 2 N–H and O–H groups in total. The molecule has 0 fully saturated rings. The van der Waals surface area contributed by atoms with Crippen LogP contribution in [-0.2, 0) is 6.42 Å². The highest BCUT2D eigenvalue weighted by Gasteiger charge is 2.11. The number of aryl methyl sites for hydroxylation is 1. The lowest BCUT2D eigenvalue weighted by atomic mass is 10.1. The Morgan fingerprint density at radius 1 is 1.24 bits per heavy atom. The van der Waals surface area contributed by atoms with Gasteiger partial charge in [0.1, 0.15) is 0 Å². The Kier molecular flexibility index (Phi) is 5.51. The van der Waals surface area contributed by atoms with Gasteiger partial charge in [0.15, 0.2) is 0 Å². The van der Waals surface area contributed by atoms with E-state index in [0.29, 0.717) is 24.9 Å². The van der Waals surface area contributed by atoms with Crippen LogP contribution in [0.4, 0.5) is 5.95 Å². The van der Waals surface area contributed by atoms with Crippen molar-refractivity contribution >= 4 is 5.95 Å². The van der Waals surface area contributed by atoms with Crippen molar-refractivity contribution in [3.63, 3.8) is 0 Å². The van der Waals surface area contributed by atoms with E-state index < -0.39 is 0 Å². The minimum atomic E-state index is -0.135. The van der Waals surface area contributed by atoms with Gasteiger partial charge in [0.25, 0.3) is 0 Å². The zero-order valence-electron chi connectivity index (χ0n) is 12.4. The number of ether oxygens (including phenoxy) is 1. The first kappa shape index (κ1) is 15.3. The van der Waals surface area contributed by atoms with E-state index in [1.807, 2.05) is 44.2 Å². The molecule has 1 unspecified atom stereocenters. The van der Waals surface area contributed by atoms with E-state index in [1.54, 1.807) is 6.07 Å². The molecule has 0 aliphatic rings. The van der Waals surface area contributed by atoms with Crippen molar-refractivity contribution in [1.29, 1.82) is 0 Å². The van der Waals surface area contributed by atoms with E-state index in [1.165, 1.54) is 0 Å². The summed E-state index contributed by atoms with van der Waals surface area (Å²) in [5, 5.41) is 12.7. The maximum absolute atomic E-state index is 9.54. The maximum atomic E-state index is 9.54. The van der Waals surface area contributed by atoms with E-state index in [2.05, 4.69) is 15.3 Å². The highest BCUT2D eigenvalue weighted by atomic mass is 16.5. The summed E-state index contributed by atoms with van der Waals surface area (Å²) in [5.74, 6) is 1.03. The van der Waals surface area contributed by atoms with Crippen LogP contribution in [0.5, 0.6) is 5.88 Å². The normalized spacial score (nSPS) is 12.0. The van der Waals surface area contributed by atoms with Crippen LogP contribution in [0.2, 0.25) is 0 Å². The summed E-state index contributed by atoms with van der Waals surface area (Å²) in [6.07, 6.45) is 0.707. The van der Waals surface area contributed by atoms with Gasteiger partial charge in [0.2, 0.25) is 11.8 Å². The molecule has 0 saturated heterocycles. The molecule has 1 atom stereocenters. The molecular formula is C16H21N3O2. The Bertz CT molecular complexity index is 561. The molecule has 0 spiro atoms. The van der Waals surface area contributed by atoms with Gasteiger partial charge in [0, 0.05) is 11.8 Å². The third kappa shape index (κ3) is 4.72. The van der Waals surface area contributed by atoms with Crippen molar-refractivity contribution in [2.24, 2.45) is 0 Å². The number of nitrogens with one attached hydrogen (secondary N) is 1. The second kappa shape index (κ2) is 7.59. The number of nitrogens with zero attached hydrogens (tertiary/aromatic N) is 2. The minimum absolute atomic E-state index is 0.0101. The fourth-order valence-corrected chi connectivity index (χ4v) is 2.07. The molecule has 1 aromatic carbocycles. The lowest BCUT2D eigenvalue weighted by molar-refractivity contribution is 0.273. The summed E-state index contributed by atoms with van der Waals surface area (Å²) in [5.41, 5.74) is 1.98. The number of hydrogen-bond acceptors (Lipinski definition) is 5. The second-order valence-electron chi connectivity index (χ2n) is 4.82. The zero-order chi connectivity index (χ0) is 15.1. The topological polar surface area (TPSA) is 67.3 Å². The van der Waals surface area contributed by atoms with Gasteiger partial charge in [-0.15, -0.1) is 0 Å². The van der Waals surface area contributed by atoms with Crippen molar-refractivity contribution in [2.75, 3.05) is 18.5 Å². The maximum Gasteiger partial charge on any atom is 0.226 e. The molecule has 0 aliphatic heterocycles. The van der Waals surface area contributed by atoms with Gasteiger partial charge in [0.05, 0.1) is 19.3 Å². The molecule has 2 aromatic rings.